The Morgan fingerprint density at radius 1 is 1.20 bits per heavy atom. The minimum atomic E-state index is -0.407. The van der Waals surface area contributed by atoms with Crippen molar-refractivity contribution in [3.05, 3.63) is 0 Å². The molecule has 86 valence electrons. The molecule has 2 amide bonds. The van der Waals surface area contributed by atoms with Gasteiger partial charge in [-0.05, 0) is 12.8 Å². The van der Waals surface area contributed by atoms with Crippen molar-refractivity contribution in [2.45, 2.75) is 39.5 Å². The summed E-state index contributed by atoms with van der Waals surface area (Å²) in [6, 6.07) is 0. The Kier molecular flexibility index (Phi) is 3.85. The van der Waals surface area contributed by atoms with E-state index in [1.54, 1.807) is 0 Å². The van der Waals surface area contributed by atoms with E-state index in [-0.39, 0.29) is 18.4 Å². The molecule has 0 aromatic rings. The minimum Gasteiger partial charge on any atom is -0.396 e. The molecule has 4 heteroatoms. The van der Waals surface area contributed by atoms with Crippen LogP contribution in [0.3, 0.4) is 0 Å². The monoisotopic (exact) mass is 213 g/mol. The van der Waals surface area contributed by atoms with Gasteiger partial charge in [0.25, 0.3) is 0 Å². The first-order chi connectivity index (χ1) is 6.96. The summed E-state index contributed by atoms with van der Waals surface area (Å²) in [6.45, 7) is 3.99. The summed E-state index contributed by atoms with van der Waals surface area (Å²) in [5.74, 6) is -0.196. The maximum atomic E-state index is 11.6. The van der Waals surface area contributed by atoms with E-state index in [1.165, 1.54) is 4.90 Å². The lowest BCUT2D eigenvalue weighted by atomic mass is 9.94. The van der Waals surface area contributed by atoms with Crippen molar-refractivity contribution in [3.8, 4) is 0 Å². The highest BCUT2D eigenvalue weighted by atomic mass is 16.3. The lowest BCUT2D eigenvalue weighted by Gasteiger charge is -2.29. The number of nitrogens with zero attached hydrogens (tertiary/aromatic N) is 1. The molecule has 1 aliphatic heterocycles. The summed E-state index contributed by atoms with van der Waals surface area (Å²) in [7, 11) is 0. The summed E-state index contributed by atoms with van der Waals surface area (Å²) in [5, 5.41) is 9.12. The van der Waals surface area contributed by atoms with E-state index in [9.17, 15) is 9.59 Å². The van der Waals surface area contributed by atoms with Crippen LogP contribution in [-0.4, -0.2) is 35.0 Å². The van der Waals surface area contributed by atoms with Crippen LogP contribution in [-0.2, 0) is 9.59 Å². The maximum Gasteiger partial charge on any atom is 0.229 e. The molecule has 0 saturated carbocycles. The van der Waals surface area contributed by atoms with Crippen LogP contribution in [0.5, 0.6) is 0 Å². The van der Waals surface area contributed by atoms with E-state index in [1.807, 2.05) is 13.8 Å². The number of rotatable bonds is 3. The van der Waals surface area contributed by atoms with Crippen LogP contribution in [0, 0.1) is 5.41 Å². The number of imide groups is 1. The highest BCUT2D eigenvalue weighted by Crippen LogP contribution is 2.20. The Bertz CT molecular complexity index is 243. The number of aliphatic hydroxyl groups is 1. The lowest BCUT2D eigenvalue weighted by Crippen LogP contribution is -2.43. The Morgan fingerprint density at radius 2 is 1.67 bits per heavy atom. The molecule has 1 rings (SSSR count). The van der Waals surface area contributed by atoms with Crippen LogP contribution in [0.25, 0.3) is 0 Å². The fourth-order valence-corrected chi connectivity index (χ4v) is 1.62. The zero-order valence-electron chi connectivity index (χ0n) is 9.45. The highest BCUT2D eigenvalue weighted by Gasteiger charge is 2.29. The van der Waals surface area contributed by atoms with Gasteiger partial charge >= 0.3 is 0 Å². The van der Waals surface area contributed by atoms with Crippen LogP contribution in [0.15, 0.2) is 0 Å². The van der Waals surface area contributed by atoms with E-state index < -0.39 is 5.41 Å². The molecule has 1 aliphatic rings. The Balaban J connectivity index is 2.71. The van der Waals surface area contributed by atoms with E-state index in [0.717, 1.165) is 12.8 Å². The van der Waals surface area contributed by atoms with Gasteiger partial charge in [-0.1, -0.05) is 13.8 Å². The van der Waals surface area contributed by atoms with Gasteiger partial charge in [-0.25, -0.2) is 0 Å². The van der Waals surface area contributed by atoms with Crippen LogP contribution < -0.4 is 0 Å². The highest BCUT2D eigenvalue weighted by molar-refractivity contribution is 5.96. The molecule has 0 bridgehead atoms. The molecule has 0 aromatic carbocycles. The van der Waals surface area contributed by atoms with Crippen molar-refractivity contribution in [1.29, 1.82) is 0 Å². The Hall–Kier alpha value is -0.900. The Morgan fingerprint density at radius 3 is 2.07 bits per heavy atom. The quantitative estimate of drug-likeness (QED) is 0.710. The standard InChI is InChI=1S/C11H19NO3/c1-11(2,8-13)7-12-9(14)5-3-4-6-10(12)15/h13H,3-8H2,1-2H3. The minimum absolute atomic E-state index is 0.0238. The first-order valence-electron chi connectivity index (χ1n) is 5.40. The molecule has 1 fully saturated rings. The summed E-state index contributed by atoms with van der Waals surface area (Å²) in [5.41, 5.74) is -0.407. The van der Waals surface area contributed by atoms with E-state index in [0.29, 0.717) is 19.4 Å². The smallest absolute Gasteiger partial charge is 0.229 e. The molecule has 1 heterocycles. The van der Waals surface area contributed by atoms with E-state index in [2.05, 4.69) is 0 Å². The first kappa shape index (κ1) is 12.2. The molecule has 0 unspecified atom stereocenters. The van der Waals surface area contributed by atoms with E-state index >= 15 is 0 Å². The molecule has 15 heavy (non-hydrogen) atoms. The van der Waals surface area contributed by atoms with E-state index in [4.69, 9.17) is 5.11 Å². The third kappa shape index (κ3) is 3.30. The number of carbonyl (C=O) groups excluding carboxylic acids is 2. The fourth-order valence-electron chi connectivity index (χ4n) is 1.62. The predicted octanol–water partition coefficient (Wildman–Crippen LogP) is 0.934. The van der Waals surface area contributed by atoms with Crippen LogP contribution in [0.1, 0.15) is 39.5 Å². The summed E-state index contributed by atoms with van der Waals surface area (Å²) in [6.07, 6.45) is 2.49. The molecule has 0 aromatic heterocycles. The van der Waals surface area contributed by atoms with Gasteiger partial charge in [-0.2, -0.15) is 0 Å². The van der Waals surface area contributed by atoms with Gasteiger partial charge < -0.3 is 5.11 Å². The largest absolute Gasteiger partial charge is 0.396 e. The molecule has 4 nitrogen and oxygen atoms in total. The maximum absolute atomic E-state index is 11.6. The number of likely N-dealkylation sites (tertiary alicyclic amines) is 1. The average molecular weight is 213 g/mol. The number of carbonyl (C=O) groups is 2. The zero-order chi connectivity index (χ0) is 11.5. The molecule has 0 aliphatic carbocycles. The molecule has 1 N–H and O–H groups in total. The van der Waals surface area contributed by atoms with Gasteiger partial charge in [-0.3, -0.25) is 14.5 Å². The molecule has 0 atom stereocenters. The van der Waals surface area contributed by atoms with Crippen molar-refractivity contribution < 1.29 is 14.7 Å². The molecular weight excluding hydrogens is 194 g/mol. The van der Waals surface area contributed by atoms with Crippen molar-refractivity contribution in [2.24, 2.45) is 5.41 Å². The predicted molar refractivity (Wildman–Crippen MR) is 56.1 cm³/mol. The summed E-state index contributed by atoms with van der Waals surface area (Å²) in [4.78, 5) is 24.6. The molecule has 1 saturated heterocycles. The number of hydrogen-bond acceptors (Lipinski definition) is 3. The number of aliphatic hydroxyl groups excluding tert-OH is 1. The fraction of sp³-hybridized carbons (Fsp3) is 0.818. The van der Waals surface area contributed by atoms with Crippen molar-refractivity contribution in [1.82, 2.24) is 4.90 Å². The second kappa shape index (κ2) is 4.75. The summed E-state index contributed by atoms with van der Waals surface area (Å²) < 4.78 is 0. The molecule has 0 radical (unpaired) electrons. The third-order valence-electron chi connectivity index (χ3n) is 2.65. The van der Waals surface area contributed by atoms with Crippen molar-refractivity contribution in [3.63, 3.8) is 0 Å². The van der Waals surface area contributed by atoms with Crippen LogP contribution >= 0.6 is 0 Å². The van der Waals surface area contributed by atoms with Gasteiger partial charge in [0.2, 0.25) is 11.8 Å². The summed E-state index contributed by atoms with van der Waals surface area (Å²) >= 11 is 0. The normalized spacial score (nSPS) is 19.3. The van der Waals surface area contributed by atoms with Gasteiger partial charge in [0.05, 0.1) is 0 Å². The SMILES string of the molecule is CC(C)(CO)CN1C(=O)CCCCC1=O. The topological polar surface area (TPSA) is 57.6 Å². The second-order valence-corrected chi connectivity index (χ2v) is 4.90. The molecule has 0 spiro atoms. The second-order valence-electron chi connectivity index (χ2n) is 4.90. The van der Waals surface area contributed by atoms with Crippen molar-refractivity contribution >= 4 is 11.8 Å². The molecular formula is C11H19NO3. The van der Waals surface area contributed by atoms with Gasteiger partial charge in [0.15, 0.2) is 0 Å². The van der Waals surface area contributed by atoms with Crippen LogP contribution in [0.2, 0.25) is 0 Å². The number of hydrogen-bond donors (Lipinski definition) is 1. The van der Waals surface area contributed by atoms with Gasteiger partial charge in [-0.15, -0.1) is 0 Å². The third-order valence-corrected chi connectivity index (χ3v) is 2.65. The number of amides is 2. The Labute approximate surface area is 90.3 Å². The van der Waals surface area contributed by atoms with Gasteiger partial charge in [0.1, 0.15) is 0 Å². The van der Waals surface area contributed by atoms with Crippen molar-refractivity contribution in [2.75, 3.05) is 13.2 Å². The first-order valence-corrected chi connectivity index (χ1v) is 5.40. The average Bonchev–Trinajstić information content (AvgIpc) is 2.33. The lowest BCUT2D eigenvalue weighted by molar-refractivity contribution is -0.145. The van der Waals surface area contributed by atoms with Crippen LogP contribution in [0.4, 0.5) is 0 Å². The zero-order valence-corrected chi connectivity index (χ0v) is 9.45. The van der Waals surface area contributed by atoms with Gasteiger partial charge in [0, 0.05) is 31.4 Å².